The lowest BCUT2D eigenvalue weighted by Crippen LogP contribution is -2.30. The summed E-state index contributed by atoms with van der Waals surface area (Å²) in [4.78, 5) is 11.0. The molecule has 0 aliphatic heterocycles. The van der Waals surface area contributed by atoms with E-state index in [1.807, 2.05) is 0 Å². The van der Waals surface area contributed by atoms with Crippen LogP contribution in [0.2, 0.25) is 5.02 Å². The molecular weight excluding hydrogens is 233 g/mol. The van der Waals surface area contributed by atoms with E-state index in [0.717, 1.165) is 12.1 Å². The van der Waals surface area contributed by atoms with E-state index in [2.05, 4.69) is 0 Å². The standard InChI is InChI=1S/C8H6ClF3N2O/c9-6-2-4(7(15)14-13)1-5(3-6)8(10,11)12/h1-3H,13H2,(H,14,15). The molecule has 0 heterocycles. The number of hydrazine groups is 1. The number of benzene rings is 1. The van der Waals surface area contributed by atoms with Gasteiger partial charge in [0, 0.05) is 10.6 Å². The van der Waals surface area contributed by atoms with E-state index in [1.54, 1.807) is 5.43 Å². The van der Waals surface area contributed by atoms with Crippen LogP contribution in [0.4, 0.5) is 13.2 Å². The molecule has 0 spiro atoms. The number of hydrogen-bond acceptors (Lipinski definition) is 2. The van der Waals surface area contributed by atoms with Gasteiger partial charge in [-0.15, -0.1) is 0 Å². The van der Waals surface area contributed by atoms with Crippen LogP contribution in [0.3, 0.4) is 0 Å². The number of nitrogen functional groups attached to an aromatic ring is 1. The molecule has 0 bridgehead atoms. The monoisotopic (exact) mass is 238 g/mol. The van der Waals surface area contributed by atoms with E-state index in [1.165, 1.54) is 0 Å². The topological polar surface area (TPSA) is 55.1 Å². The Balaban J connectivity index is 3.23. The van der Waals surface area contributed by atoms with Gasteiger partial charge in [0.2, 0.25) is 0 Å². The van der Waals surface area contributed by atoms with Crippen LogP contribution in [-0.2, 0) is 6.18 Å². The molecule has 7 heteroatoms. The van der Waals surface area contributed by atoms with Gasteiger partial charge in [-0.3, -0.25) is 10.2 Å². The summed E-state index contributed by atoms with van der Waals surface area (Å²) in [7, 11) is 0. The zero-order valence-corrected chi connectivity index (χ0v) is 7.99. The molecule has 0 atom stereocenters. The molecule has 0 radical (unpaired) electrons. The Morgan fingerprint density at radius 3 is 2.40 bits per heavy atom. The summed E-state index contributed by atoms with van der Waals surface area (Å²) < 4.78 is 36.9. The molecule has 15 heavy (non-hydrogen) atoms. The third-order valence-corrected chi connectivity index (χ3v) is 1.84. The first-order chi connectivity index (χ1) is 6.84. The van der Waals surface area contributed by atoms with Gasteiger partial charge in [0.15, 0.2) is 0 Å². The first kappa shape index (κ1) is 11.8. The van der Waals surface area contributed by atoms with Crippen molar-refractivity contribution in [2.45, 2.75) is 6.18 Å². The third kappa shape index (κ3) is 2.84. The van der Waals surface area contributed by atoms with Gasteiger partial charge in [-0.25, -0.2) is 5.84 Å². The minimum Gasteiger partial charge on any atom is -0.290 e. The SMILES string of the molecule is NNC(=O)c1cc(Cl)cc(C(F)(F)F)c1. The lowest BCUT2D eigenvalue weighted by atomic mass is 10.1. The molecule has 0 aromatic heterocycles. The highest BCUT2D eigenvalue weighted by Gasteiger charge is 2.31. The maximum absolute atomic E-state index is 12.3. The van der Waals surface area contributed by atoms with Crippen LogP contribution in [0.1, 0.15) is 15.9 Å². The van der Waals surface area contributed by atoms with Crippen LogP contribution in [0, 0.1) is 0 Å². The van der Waals surface area contributed by atoms with Gasteiger partial charge in [0.05, 0.1) is 5.56 Å². The number of halogens is 4. The highest BCUT2D eigenvalue weighted by molar-refractivity contribution is 6.31. The molecule has 0 saturated carbocycles. The van der Waals surface area contributed by atoms with Gasteiger partial charge in [0.1, 0.15) is 0 Å². The van der Waals surface area contributed by atoms with Gasteiger partial charge in [0.25, 0.3) is 5.91 Å². The fraction of sp³-hybridized carbons (Fsp3) is 0.125. The molecule has 0 aliphatic carbocycles. The van der Waals surface area contributed by atoms with Gasteiger partial charge in [-0.1, -0.05) is 11.6 Å². The summed E-state index contributed by atoms with van der Waals surface area (Å²) in [6.07, 6.45) is -4.55. The number of carbonyl (C=O) groups excluding carboxylic acids is 1. The Labute approximate surface area is 88.0 Å². The van der Waals surface area contributed by atoms with Crippen molar-refractivity contribution >= 4 is 17.5 Å². The highest BCUT2D eigenvalue weighted by Crippen LogP contribution is 2.31. The van der Waals surface area contributed by atoms with Gasteiger partial charge < -0.3 is 0 Å². The lowest BCUT2D eigenvalue weighted by Gasteiger charge is -2.08. The number of nitrogens with two attached hydrogens (primary N) is 1. The van der Waals surface area contributed by atoms with E-state index in [4.69, 9.17) is 17.4 Å². The fourth-order valence-corrected chi connectivity index (χ4v) is 1.20. The molecule has 0 aliphatic rings. The molecule has 1 amide bonds. The summed E-state index contributed by atoms with van der Waals surface area (Å²) in [6, 6.07) is 2.50. The Morgan fingerprint density at radius 1 is 1.33 bits per heavy atom. The van der Waals surface area contributed by atoms with Crippen molar-refractivity contribution in [1.82, 2.24) is 5.43 Å². The molecule has 1 aromatic carbocycles. The van der Waals surface area contributed by atoms with E-state index in [9.17, 15) is 18.0 Å². The summed E-state index contributed by atoms with van der Waals surface area (Å²) in [5.74, 6) is 3.96. The lowest BCUT2D eigenvalue weighted by molar-refractivity contribution is -0.137. The third-order valence-electron chi connectivity index (χ3n) is 1.62. The van der Waals surface area contributed by atoms with Crippen LogP contribution in [0.5, 0.6) is 0 Å². The number of alkyl halides is 3. The smallest absolute Gasteiger partial charge is 0.290 e. The second kappa shape index (κ2) is 4.08. The van der Waals surface area contributed by atoms with Crippen LogP contribution >= 0.6 is 11.6 Å². The average molecular weight is 239 g/mol. The van der Waals surface area contributed by atoms with Gasteiger partial charge >= 0.3 is 6.18 Å². The van der Waals surface area contributed by atoms with Gasteiger partial charge in [-0.05, 0) is 18.2 Å². The van der Waals surface area contributed by atoms with Crippen molar-refractivity contribution in [3.8, 4) is 0 Å². The van der Waals surface area contributed by atoms with Crippen LogP contribution in [0.25, 0.3) is 0 Å². The predicted octanol–water partition coefficient (Wildman–Crippen LogP) is 1.96. The zero-order chi connectivity index (χ0) is 11.6. The first-order valence-electron chi connectivity index (χ1n) is 3.73. The molecular formula is C8H6ClF3N2O. The number of rotatable bonds is 1. The minimum absolute atomic E-state index is 0.177. The summed E-state index contributed by atoms with van der Waals surface area (Å²) in [5, 5.41) is -0.177. The molecule has 0 fully saturated rings. The van der Waals surface area contributed by atoms with Crippen LogP contribution in [0.15, 0.2) is 18.2 Å². The van der Waals surface area contributed by atoms with Crippen LogP contribution in [-0.4, -0.2) is 5.91 Å². The maximum Gasteiger partial charge on any atom is 0.416 e. The van der Waals surface area contributed by atoms with Crippen molar-refractivity contribution < 1.29 is 18.0 Å². The van der Waals surface area contributed by atoms with E-state index in [-0.39, 0.29) is 10.6 Å². The van der Waals surface area contributed by atoms with E-state index in [0.29, 0.717) is 6.07 Å². The normalized spacial score (nSPS) is 11.3. The summed E-state index contributed by atoms with van der Waals surface area (Å²) in [5.41, 5.74) is 0.492. The predicted molar refractivity (Wildman–Crippen MR) is 48.1 cm³/mol. The second-order valence-electron chi connectivity index (χ2n) is 2.70. The maximum atomic E-state index is 12.3. The minimum atomic E-state index is -4.55. The molecule has 0 saturated heterocycles. The molecule has 3 nitrogen and oxygen atoms in total. The molecule has 1 rings (SSSR count). The highest BCUT2D eigenvalue weighted by atomic mass is 35.5. The van der Waals surface area contributed by atoms with Crippen molar-refractivity contribution in [3.05, 3.63) is 34.3 Å². The number of hydrogen-bond donors (Lipinski definition) is 2. The Hall–Kier alpha value is -1.27. The number of carbonyl (C=O) groups is 1. The molecule has 1 aromatic rings. The summed E-state index contributed by atoms with van der Waals surface area (Å²) in [6.45, 7) is 0. The molecule has 82 valence electrons. The Morgan fingerprint density at radius 2 is 1.93 bits per heavy atom. The molecule has 0 unspecified atom stereocenters. The summed E-state index contributed by atoms with van der Waals surface area (Å²) >= 11 is 5.44. The fourth-order valence-electron chi connectivity index (χ4n) is 0.968. The van der Waals surface area contributed by atoms with Gasteiger partial charge in [-0.2, -0.15) is 13.2 Å². The Bertz CT molecular complexity index is 392. The van der Waals surface area contributed by atoms with E-state index >= 15 is 0 Å². The van der Waals surface area contributed by atoms with Crippen molar-refractivity contribution in [2.75, 3.05) is 0 Å². The number of amides is 1. The van der Waals surface area contributed by atoms with Crippen molar-refractivity contribution in [2.24, 2.45) is 5.84 Å². The van der Waals surface area contributed by atoms with E-state index < -0.39 is 17.6 Å². The van der Waals surface area contributed by atoms with Crippen LogP contribution < -0.4 is 11.3 Å². The largest absolute Gasteiger partial charge is 0.416 e. The zero-order valence-electron chi connectivity index (χ0n) is 7.23. The average Bonchev–Trinajstić information content (AvgIpc) is 2.14. The first-order valence-corrected chi connectivity index (χ1v) is 4.11. The number of nitrogens with one attached hydrogen (secondary N) is 1. The second-order valence-corrected chi connectivity index (χ2v) is 3.14. The van der Waals surface area contributed by atoms with Crippen molar-refractivity contribution in [1.29, 1.82) is 0 Å². The Kier molecular flexibility index (Phi) is 3.21. The quantitative estimate of drug-likeness (QED) is 0.446. The molecule has 3 N–H and O–H groups in total. The van der Waals surface area contributed by atoms with Crippen molar-refractivity contribution in [3.63, 3.8) is 0 Å².